The van der Waals surface area contributed by atoms with Gasteiger partial charge in [0.25, 0.3) is 23.6 Å². The van der Waals surface area contributed by atoms with Gasteiger partial charge < -0.3 is 0 Å². The van der Waals surface area contributed by atoms with Gasteiger partial charge in [0.1, 0.15) is 0 Å². The second-order valence-electron chi connectivity index (χ2n) is 3.86. The Balaban J connectivity index is 2.09. The summed E-state index contributed by atoms with van der Waals surface area (Å²) in [6.07, 6.45) is 2.31. The van der Waals surface area contributed by atoms with E-state index in [2.05, 4.69) is 5.32 Å². The maximum atomic E-state index is 11.5. The van der Waals surface area contributed by atoms with E-state index in [0.29, 0.717) is 0 Å². The first-order chi connectivity index (χ1) is 8.58. The average Bonchev–Trinajstić information content (AvgIpc) is 2.81. The van der Waals surface area contributed by atoms with Gasteiger partial charge in [0.2, 0.25) is 0 Å². The maximum Gasteiger partial charge on any atom is 0.259 e. The van der Waals surface area contributed by atoms with Crippen LogP contribution in [0.3, 0.4) is 0 Å². The van der Waals surface area contributed by atoms with Crippen molar-refractivity contribution in [2.75, 3.05) is 4.90 Å². The van der Waals surface area contributed by atoms with Crippen molar-refractivity contribution in [2.24, 2.45) is 0 Å². The van der Waals surface area contributed by atoms with E-state index in [4.69, 9.17) is 0 Å². The Kier molecular flexibility index (Phi) is 1.94. The molecule has 2 aliphatic rings. The summed E-state index contributed by atoms with van der Waals surface area (Å²) in [6, 6.07) is 4.24. The van der Waals surface area contributed by atoms with E-state index < -0.39 is 23.6 Å². The number of anilines is 1. The van der Waals surface area contributed by atoms with Crippen molar-refractivity contribution in [1.82, 2.24) is 5.32 Å². The van der Waals surface area contributed by atoms with Crippen LogP contribution in [0.25, 0.3) is 0 Å². The van der Waals surface area contributed by atoms with Gasteiger partial charge in [0, 0.05) is 12.2 Å². The standard InChI is InChI=1S/C12H6N2O4/c15-9-3-4-10(16)14(9)6-1-2-7-8(5-6)12(18)13-11(7)17/h1-5H,(H,13,17,18). The van der Waals surface area contributed by atoms with Gasteiger partial charge in [0.15, 0.2) is 0 Å². The number of benzene rings is 1. The molecule has 88 valence electrons. The molecule has 2 heterocycles. The Morgan fingerprint density at radius 2 is 1.44 bits per heavy atom. The Bertz CT molecular complexity index is 642. The summed E-state index contributed by atoms with van der Waals surface area (Å²) in [5.41, 5.74) is 0.694. The molecule has 0 fully saturated rings. The molecule has 4 amide bonds. The number of rotatable bonds is 1. The zero-order valence-electron chi connectivity index (χ0n) is 8.97. The smallest absolute Gasteiger partial charge is 0.259 e. The van der Waals surface area contributed by atoms with Crippen LogP contribution < -0.4 is 10.2 Å². The summed E-state index contributed by atoms with van der Waals surface area (Å²) in [6.45, 7) is 0. The molecule has 1 aromatic rings. The topological polar surface area (TPSA) is 83.6 Å². The van der Waals surface area contributed by atoms with Crippen molar-refractivity contribution in [3.63, 3.8) is 0 Å². The Hall–Kier alpha value is -2.76. The normalized spacial score (nSPS) is 17.4. The summed E-state index contributed by atoms with van der Waals surface area (Å²) in [5.74, 6) is -1.93. The van der Waals surface area contributed by atoms with Crippen molar-refractivity contribution in [3.05, 3.63) is 41.5 Å². The van der Waals surface area contributed by atoms with Crippen LogP contribution in [0.2, 0.25) is 0 Å². The van der Waals surface area contributed by atoms with Crippen LogP contribution in [0.15, 0.2) is 30.4 Å². The predicted octanol–water partition coefficient (Wildman–Crippen LogP) is -0.000400. The average molecular weight is 242 g/mol. The third-order valence-corrected chi connectivity index (χ3v) is 2.79. The van der Waals surface area contributed by atoms with Gasteiger partial charge in [-0.15, -0.1) is 0 Å². The van der Waals surface area contributed by atoms with Gasteiger partial charge in [-0.1, -0.05) is 0 Å². The maximum absolute atomic E-state index is 11.5. The molecule has 0 unspecified atom stereocenters. The predicted molar refractivity (Wildman–Crippen MR) is 59.9 cm³/mol. The highest BCUT2D eigenvalue weighted by Gasteiger charge is 2.30. The molecule has 0 spiro atoms. The Morgan fingerprint density at radius 3 is 2.11 bits per heavy atom. The number of nitrogens with one attached hydrogen (secondary N) is 1. The van der Waals surface area contributed by atoms with Gasteiger partial charge in [-0.25, -0.2) is 4.90 Å². The summed E-state index contributed by atoms with van der Waals surface area (Å²) < 4.78 is 0. The molecule has 0 aliphatic carbocycles. The van der Waals surface area contributed by atoms with E-state index in [1.165, 1.54) is 18.2 Å². The largest absolute Gasteiger partial charge is 0.288 e. The fourth-order valence-electron chi connectivity index (χ4n) is 1.95. The van der Waals surface area contributed by atoms with Crippen LogP contribution in [0, 0.1) is 0 Å². The molecular formula is C12H6N2O4. The van der Waals surface area contributed by atoms with Crippen LogP contribution >= 0.6 is 0 Å². The fourth-order valence-corrected chi connectivity index (χ4v) is 1.95. The molecule has 0 bridgehead atoms. The van der Waals surface area contributed by atoms with Crippen molar-refractivity contribution in [2.45, 2.75) is 0 Å². The van der Waals surface area contributed by atoms with Gasteiger partial charge in [-0.2, -0.15) is 0 Å². The second-order valence-corrected chi connectivity index (χ2v) is 3.86. The highest BCUT2D eigenvalue weighted by atomic mass is 16.2. The minimum atomic E-state index is -0.524. The molecule has 3 rings (SSSR count). The van der Waals surface area contributed by atoms with Crippen molar-refractivity contribution in [1.29, 1.82) is 0 Å². The van der Waals surface area contributed by atoms with Crippen molar-refractivity contribution < 1.29 is 19.2 Å². The van der Waals surface area contributed by atoms with E-state index in [1.54, 1.807) is 0 Å². The van der Waals surface area contributed by atoms with Crippen LogP contribution in [0.1, 0.15) is 20.7 Å². The van der Waals surface area contributed by atoms with Crippen LogP contribution in [0.4, 0.5) is 5.69 Å². The molecule has 0 saturated carbocycles. The van der Waals surface area contributed by atoms with Crippen molar-refractivity contribution >= 4 is 29.3 Å². The summed E-state index contributed by atoms with van der Waals surface area (Å²) in [4.78, 5) is 46.7. The molecule has 0 radical (unpaired) electrons. The number of hydrogen-bond donors (Lipinski definition) is 1. The molecule has 0 atom stereocenters. The SMILES string of the molecule is O=C1NC(=O)c2cc(N3C(=O)C=CC3=O)ccc21. The van der Waals surface area contributed by atoms with Gasteiger partial charge in [-0.3, -0.25) is 24.5 Å². The highest BCUT2D eigenvalue weighted by molar-refractivity contribution is 6.29. The molecule has 6 nitrogen and oxygen atoms in total. The van der Waals surface area contributed by atoms with Gasteiger partial charge in [0.05, 0.1) is 16.8 Å². The first-order valence-corrected chi connectivity index (χ1v) is 5.14. The lowest BCUT2D eigenvalue weighted by Gasteiger charge is -2.14. The number of carbonyl (C=O) groups is 4. The van der Waals surface area contributed by atoms with E-state index in [1.807, 2.05) is 0 Å². The molecule has 0 aromatic heterocycles. The summed E-state index contributed by atoms with van der Waals surface area (Å²) in [5, 5.41) is 2.14. The monoisotopic (exact) mass is 242 g/mol. The van der Waals surface area contributed by atoms with Gasteiger partial charge in [-0.05, 0) is 18.2 Å². The lowest BCUT2D eigenvalue weighted by molar-refractivity contribution is -0.119. The van der Waals surface area contributed by atoms with Gasteiger partial charge >= 0.3 is 0 Å². The second kappa shape index (κ2) is 3.36. The third kappa shape index (κ3) is 1.29. The number of amides is 4. The number of imide groups is 2. The summed E-state index contributed by atoms with van der Waals surface area (Å²) in [7, 11) is 0. The number of fused-ring (bicyclic) bond motifs is 1. The minimum absolute atomic E-state index is 0.171. The van der Waals surface area contributed by atoms with E-state index in [0.717, 1.165) is 17.1 Å². The number of nitrogens with zero attached hydrogens (tertiary/aromatic N) is 1. The molecule has 2 aliphatic heterocycles. The Morgan fingerprint density at radius 1 is 0.833 bits per heavy atom. The Labute approximate surface area is 101 Å². The van der Waals surface area contributed by atoms with E-state index in [9.17, 15) is 19.2 Å². The molecule has 0 saturated heterocycles. The summed E-state index contributed by atoms with van der Waals surface area (Å²) >= 11 is 0. The quantitative estimate of drug-likeness (QED) is 0.702. The molecule has 18 heavy (non-hydrogen) atoms. The minimum Gasteiger partial charge on any atom is -0.288 e. The molecule has 1 aromatic carbocycles. The van der Waals surface area contributed by atoms with Crippen LogP contribution in [0.5, 0.6) is 0 Å². The third-order valence-electron chi connectivity index (χ3n) is 2.79. The molecular weight excluding hydrogens is 236 g/mol. The van der Waals surface area contributed by atoms with E-state index in [-0.39, 0.29) is 16.8 Å². The number of hydrogen-bond acceptors (Lipinski definition) is 4. The lowest BCUT2D eigenvalue weighted by Crippen LogP contribution is -2.29. The van der Waals surface area contributed by atoms with Crippen LogP contribution in [-0.4, -0.2) is 23.6 Å². The van der Waals surface area contributed by atoms with Crippen LogP contribution in [-0.2, 0) is 9.59 Å². The number of carbonyl (C=O) groups excluding carboxylic acids is 4. The van der Waals surface area contributed by atoms with Crippen molar-refractivity contribution in [3.8, 4) is 0 Å². The van der Waals surface area contributed by atoms with E-state index >= 15 is 0 Å². The first-order valence-electron chi connectivity index (χ1n) is 5.14. The fraction of sp³-hybridized carbons (Fsp3) is 0. The highest BCUT2D eigenvalue weighted by Crippen LogP contribution is 2.25. The zero-order valence-corrected chi connectivity index (χ0v) is 8.97. The molecule has 6 heteroatoms. The first kappa shape index (κ1) is 10.4. The lowest BCUT2D eigenvalue weighted by atomic mass is 10.1. The zero-order chi connectivity index (χ0) is 12.9. The molecule has 1 N–H and O–H groups in total.